The Balaban J connectivity index is 1.71. The van der Waals surface area contributed by atoms with E-state index in [-0.39, 0.29) is 17.9 Å². The standard InChI is InChI=1S/C16H19N5O3/c22-15(16-14(21(23)24)10-18-19-16)11-17-12-6-2-3-7-13(12)20-8-4-1-5-9-20/h2-3,6-7,10,17H,1,4-5,8-9,11H2,(H,18,19). The normalized spacial score (nSPS) is 14.4. The Morgan fingerprint density at radius 3 is 2.79 bits per heavy atom. The van der Waals surface area contributed by atoms with E-state index >= 15 is 0 Å². The van der Waals surface area contributed by atoms with Gasteiger partial charge < -0.3 is 10.2 Å². The number of carbonyl (C=O) groups excluding carboxylic acids is 1. The van der Waals surface area contributed by atoms with Crippen LogP contribution >= 0.6 is 0 Å². The Kier molecular flexibility index (Phi) is 4.74. The molecule has 24 heavy (non-hydrogen) atoms. The van der Waals surface area contributed by atoms with E-state index in [0.29, 0.717) is 0 Å². The highest BCUT2D eigenvalue weighted by molar-refractivity contribution is 6.00. The number of Topliss-reactive ketones (excluding diaryl/α,β-unsaturated/α-hetero) is 1. The summed E-state index contributed by atoms with van der Waals surface area (Å²) in [4.78, 5) is 24.8. The van der Waals surface area contributed by atoms with Gasteiger partial charge >= 0.3 is 5.69 Å². The van der Waals surface area contributed by atoms with Crippen molar-refractivity contribution in [1.82, 2.24) is 10.2 Å². The maximum Gasteiger partial charge on any atom is 0.317 e. The van der Waals surface area contributed by atoms with Crippen LogP contribution in [0.25, 0.3) is 0 Å². The summed E-state index contributed by atoms with van der Waals surface area (Å²) in [6, 6.07) is 7.81. The second kappa shape index (κ2) is 7.12. The van der Waals surface area contributed by atoms with Crippen LogP contribution in [0.4, 0.5) is 17.1 Å². The smallest absolute Gasteiger partial charge is 0.317 e. The molecule has 0 amide bonds. The Bertz CT molecular complexity index is 737. The molecular formula is C16H19N5O3. The average molecular weight is 329 g/mol. The van der Waals surface area contributed by atoms with Crippen molar-refractivity contribution in [2.24, 2.45) is 0 Å². The van der Waals surface area contributed by atoms with E-state index < -0.39 is 10.7 Å². The van der Waals surface area contributed by atoms with Gasteiger partial charge in [0.15, 0.2) is 5.69 Å². The van der Waals surface area contributed by atoms with E-state index in [9.17, 15) is 14.9 Å². The lowest BCUT2D eigenvalue weighted by Crippen LogP contribution is -2.30. The fraction of sp³-hybridized carbons (Fsp3) is 0.375. The summed E-state index contributed by atoms with van der Waals surface area (Å²) in [7, 11) is 0. The number of hydrogen-bond acceptors (Lipinski definition) is 6. The first-order valence-electron chi connectivity index (χ1n) is 7.95. The van der Waals surface area contributed by atoms with Gasteiger partial charge in [-0.2, -0.15) is 5.10 Å². The van der Waals surface area contributed by atoms with Crippen LogP contribution in [0, 0.1) is 10.1 Å². The SMILES string of the molecule is O=C(CNc1ccccc1N1CCCCC1)c1[nH]ncc1[N+](=O)[O-]. The average Bonchev–Trinajstić information content (AvgIpc) is 3.11. The fourth-order valence-electron chi connectivity index (χ4n) is 2.92. The highest BCUT2D eigenvalue weighted by atomic mass is 16.6. The van der Waals surface area contributed by atoms with E-state index in [0.717, 1.165) is 43.5 Å². The van der Waals surface area contributed by atoms with Gasteiger partial charge in [0.05, 0.1) is 22.8 Å². The highest BCUT2D eigenvalue weighted by Gasteiger charge is 2.23. The van der Waals surface area contributed by atoms with Gasteiger partial charge in [-0.05, 0) is 31.4 Å². The second-order valence-electron chi connectivity index (χ2n) is 5.73. The van der Waals surface area contributed by atoms with Gasteiger partial charge in [0, 0.05) is 13.1 Å². The van der Waals surface area contributed by atoms with Gasteiger partial charge in [0.1, 0.15) is 6.20 Å². The topological polar surface area (TPSA) is 104 Å². The van der Waals surface area contributed by atoms with E-state index in [1.807, 2.05) is 24.3 Å². The number of H-pyrrole nitrogens is 1. The molecule has 0 spiro atoms. The third-order valence-electron chi connectivity index (χ3n) is 4.14. The van der Waals surface area contributed by atoms with Crippen molar-refractivity contribution in [3.63, 3.8) is 0 Å². The maximum atomic E-state index is 12.2. The van der Waals surface area contributed by atoms with Crippen LogP contribution in [0.15, 0.2) is 30.5 Å². The van der Waals surface area contributed by atoms with E-state index in [1.54, 1.807) is 0 Å². The molecule has 2 aromatic rings. The zero-order valence-corrected chi connectivity index (χ0v) is 13.2. The molecule has 0 unspecified atom stereocenters. The number of nitrogens with one attached hydrogen (secondary N) is 2. The predicted octanol–water partition coefficient (Wildman–Crippen LogP) is 2.60. The van der Waals surface area contributed by atoms with Crippen LogP contribution in [-0.4, -0.2) is 40.5 Å². The quantitative estimate of drug-likeness (QED) is 0.479. The summed E-state index contributed by atoms with van der Waals surface area (Å²) < 4.78 is 0. The van der Waals surface area contributed by atoms with Gasteiger partial charge in [-0.15, -0.1) is 0 Å². The van der Waals surface area contributed by atoms with Crippen LogP contribution < -0.4 is 10.2 Å². The number of benzene rings is 1. The molecule has 1 aromatic heterocycles. The molecule has 2 N–H and O–H groups in total. The zero-order valence-electron chi connectivity index (χ0n) is 13.2. The third kappa shape index (κ3) is 3.37. The third-order valence-corrected chi connectivity index (χ3v) is 4.14. The molecule has 1 aliphatic rings. The summed E-state index contributed by atoms with van der Waals surface area (Å²) in [6.07, 6.45) is 4.62. The van der Waals surface area contributed by atoms with E-state index in [2.05, 4.69) is 20.4 Å². The molecule has 3 rings (SSSR count). The van der Waals surface area contributed by atoms with Crippen LogP contribution in [-0.2, 0) is 0 Å². The van der Waals surface area contributed by atoms with E-state index in [4.69, 9.17) is 0 Å². The summed E-state index contributed by atoms with van der Waals surface area (Å²) in [5, 5.41) is 20.0. The second-order valence-corrected chi connectivity index (χ2v) is 5.73. The number of rotatable bonds is 6. The first-order valence-corrected chi connectivity index (χ1v) is 7.95. The molecule has 126 valence electrons. The first kappa shape index (κ1) is 16.0. The number of nitrogens with zero attached hydrogens (tertiary/aromatic N) is 3. The number of aromatic amines is 1. The first-order chi connectivity index (χ1) is 11.7. The molecule has 1 fully saturated rings. The van der Waals surface area contributed by atoms with Crippen molar-refractivity contribution < 1.29 is 9.72 Å². The van der Waals surface area contributed by atoms with Crippen molar-refractivity contribution in [1.29, 1.82) is 0 Å². The molecule has 1 aliphatic heterocycles. The molecule has 0 saturated carbocycles. The number of hydrogen-bond donors (Lipinski definition) is 2. The number of anilines is 2. The molecule has 0 bridgehead atoms. The maximum absolute atomic E-state index is 12.2. The van der Waals surface area contributed by atoms with Crippen molar-refractivity contribution in [3.05, 3.63) is 46.3 Å². The largest absolute Gasteiger partial charge is 0.376 e. The fourth-order valence-corrected chi connectivity index (χ4v) is 2.92. The minimum atomic E-state index is -0.613. The molecule has 8 heteroatoms. The number of aromatic nitrogens is 2. The van der Waals surface area contributed by atoms with Crippen molar-refractivity contribution >= 4 is 22.8 Å². The molecule has 0 radical (unpaired) electrons. The molecule has 0 aliphatic carbocycles. The van der Waals surface area contributed by atoms with Crippen LogP contribution in [0.3, 0.4) is 0 Å². The van der Waals surface area contributed by atoms with Crippen LogP contribution in [0.5, 0.6) is 0 Å². The molecule has 8 nitrogen and oxygen atoms in total. The van der Waals surface area contributed by atoms with E-state index in [1.165, 1.54) is 6.42 Å². The number of para-hydroxylation sites is 2. The van der Waals surface area contributed by atoms with Gasteiger partial charge in [-0.1, -0.05) is 12.1 Å². The highest BCUT2D eigenvalue weighted by Crippen LogP contribution is 2.28. The molecule has 1 saturated heterocycles. The monoisotopic (exact) mass is 329 g/mol. The Morgan fingerprint density at radius 2 is 2.04 bits per heavy atom. The Labute approximate surface area is 139 Å². The molecular weight excluding hydrogens is 310 g/mol. The van der Waals surface area contributed by atoms with Crippen LogP contribution in [0.2, 0.25) is 0 Å². The Hall–Kier alpha value is -2.90. The van der Waals surface area contributed by atoms with Gasteiger partial charge in [-0.25, -0.2) is 0 Å². The lowest BCUT2D eigenvalue weighted by atomic mass is 10.1. The summed E-state index contributed by atoms with van der Waals surface area (Å²) in [5.74, 6) is -0.396. The number of piperidine rings is 1. The van der Waals surface area contributed by atoms with Crippen LogP contribution in [0.1, 0.15) is 29.8 Å². The lowest BCUT2D eigenvalue weighted by molar-refractivity contribution is -0.385. The van der Waals surface area contributed by atoms with Gasteiger partial charge in [0.25, 0.3) is 0 Å². The Morgan fingerprint density at radius 1 is 1.29 bits per heavy atom. The van der Waals surface area contributed by atoms with Gasteiger partial charge in [-0.3, -0.25) is 20.0 Å². The van der Waals surface area contributed by atoms with Crippen molar-refractivity contribution in [3.8, 4) is 0 Å². The lowest BCUT2D eigenvalue weighted by Gasteiger charge is -2.30. The number of nitro groups is 1. The minimum absolute atomic E-state index is 0.0338. The summed E-state index contributed by atoms with van der Waals surface area (Å²) in [5.41, 5.74) is 1.54. The molecule has 2 heterocycles. The predicted molar refractivity (Wildman–Crippen MR) is 90.6 cm³/mol. The number of ketones is 1. The van der Waals surface area contributed by atoms with Gasteiger partial charge in [0.2, 0.25) is 5.78 Å². The zero-order chi connectivity index (χ0) is 16.9. The molecule has 1 aromatic carbocycles. The van der Waals surface area contributed by atoms with Crippen molar-refractivity contribution in [2.75, 3.05) is 29.9 Å². The number of carbonyl (C=O) groups is 1. The summed E-state index contributed by atoms with van der Waals surface area (Å²) in [6.45, 7) is 1.96. The minimum Gasteiger partial charge on any atom is -0.376 e. The summed E-state index contributed by atoms with van der Waals surface area (Å²) >= 11 is 0. The van der Waals surface area contributed by atoms with Crippen molar-refractivity contribution in [2.45, 2.75) is 19.3 Å². The molecule has 0 atom stereocenters.